The van der Waals surface area contributed by atoms with Gasteiger partial charge in [-0.15, -0.1) is 0 Å². The highest BCUT2D eigenvalue weighted by Crippen LogP contribution is 2.18. The van der Waals surface area contributed by atoms with Crippen LogP contribution < -0.4 is 16.7 Å². The number of rotatable bonds is 5. The summed E-state index contributed by atoms with van der Waals surface area (Å²) < 4.78 is 17.2. The van der Waals surface area contributed by atoms with E-state index >= 15 is 0 Å². The van der Waals surface area contributed by atoms with Crippen molar-refractivity contribution in [1.82, 2.24) is 18.7 Å². The minimum atomic E-state index is -0.486. The van der Waals surface area contributed by atoms with Crippen molar-refractivity contribution in [2.45, 2.75) is 6.54 Å². The molecule has 31 heavy (non-hydrogen) atoms. The molecule has 0 saturated carbocycles. The predicted molar refractivity (Wildman–Crippen MR) is 118 cm³/mol. The Morgan fingerprint density at radius 1 is 1.06 bits per heavy atom. The molecule has 0 bridgehead atoms. The fourth-order valence-electron chi connectivity index (χ4n) is 3.17. The molecular weight excluding hydrogens is 423 g/mol. The molecule has 10 heteroatoms. The van der Waals surface area contributed by atoms with E-state index in [0.29, 0.717) is 5.02 Å². The van der Waals surface area contributed by atoms with Gasteiger partial charge in [-0.2, -0.15) is 10.1 Å². The van der Waals surface area contributed by atoms with Gasteiger partial charge in [-0.1, -0.05) is 35.9 Å². The van der Waals surface area contributed by atoms with Crippen LogP contribution in [0.25, 0.3) is 11.2 Å². The molecule has 158 valence electrons. The lowest BCUT2D eigenvalue weighted by molar-refractivity contribution is 0.626. The van der Waals surface area contributed by atoms with E-state index in [1.165, 1.54) is 23.7 Å². The zero-order valence-electron chi connectivity index (χ0n) is 16.7. The second-order valence-electron chi connectivity index (χ2n) is 6.95. The summed E-state index contributed by atoms with van der Waals surface area (Å²) in [6.45, 7) is 0.225. The average Bonchev–Trinajstić information content (AvgIpc) is 3.12. The third-order valence-electron chi connectivity index (χ3n) is 4.85. The normalized spacial score (nSPS) is 11.5. The van der Waals surface area contributed by atoms with Crippen LogP contribution in [-0.4, -0.2) is 24.9 Å². The number of hydrazone groups is 1. The zero-order chi connectivity index (χ0) is 22.1. The maximum atomic E-state index is 13.3. The molecule has 0 aliphatic carbocycles. The summed E-state index contributed by atoms with van der Waals surface area (Å²) >= 11 is 5.89. The van der Waals surface area contributed by atoms with Gasteiger partial charge in [-0.05, 0) is 35.4 Å². The lowest BCUT2D eigenvalue weighted by atomic mass is 10.2. The van der Waals surface area contributed by atoms with E-state index in [2.05, 4.69) is 15.5 Å². The van der Waals surface area contributed by atoms with Crippen molar-refractivity contribution in [2.24, 2.45) is 19.2 Å². The summed E-state index contributed by atoms with van der Waals surface area (Å²) in [6.07, 6.45) is 1.58. The third-order valence-corrected chi connectivity index (χ3v) is 5.10. The second-order valence-corrected chi connectivity index (χ2v) is 7.38. The van der Waals surface area contributed by atoms with Crippen LogP contribution in [0.2, 0.25) is 5.02 Å². The van der Waals surface area contributed by atoms with Crippen LogP contribution in [-0.2, 0) is 20.6 Å². The summed E-state index contributed by atoms with van der Waals surface area (Å²) in [6, 6.07) is 13.0. The van der Waals surface area contributed by atoms with Gasteiger partial charge in [-0.25, -0.2) is 14.6 Å². The van der Waals surface area contributed by atoms with Crippen molar-refractivity contribution >= 4 is 34.9 Å². The molecule has 0 fully saturated rings. The van der Waals surface area contributed by atoms with Gasteiger partial charge in [0.1, 0.15) is 5.82 Å². The Balaban J connectivity index is 1.80. The van der Waals surface area contributed by atoms with Gasteiger partial charge < -0.3 is 0 Å². The molecule has 0 radical (unpaired) electrons. The van der Waals surface area contributed by atoms with Gasteiger partial charge >= 0.3 is 5.69 Å². The maximum Gasteiger partial charge on any atom is 0.332 e. The minimum Gasteiger partial charge on any atom is -0.298 e. The average molecular weight is 441 g/mol. The van der Waals surface area contributed by atoms with Crippen LogP contribution in [0, 0.1) is 5.82 Å². The topological polar surface area (TPSA) is 86.2 Å². The Hall–Kier alpha value is -3.72. The van der Waals surface area contributed by atoms with Crippen LogP contribution in [0.3, 0.4) is 0 Å². The first-order valence-corrected chi connectivity index (χ1v) is 9.68. The van der Waals surface area contributed by atoms with E-state index in [4.69, 9.17) is 11.6 Å². The molecule has 0 aliphatic heterocycles. The van der Waals surface area contributed by atoms with Gasteiger partial charge in [0, 0.05) is 19.1 Å². The number of fused-ring (bicyclic) bond motifs is 1. The molecule has 4 aromatic rings. The van der Waals surface area contributed by atoms with Crippen LogP contribution in [0.15, 0.2) is 63.2 Å². The molecule has 4 rings (SSSR count). The number of aromatic nitrogens is 4. The molecule has 8 nitrogen and oxygen atoms in total. The summed E-state index contributed by atoms with van der Waals surface area (Å²) in [5, 5.41) is 4.81. The van der Waals surface area contributed by atoms with E-state index in [-0.39, 0.29) is 29.5 Å². The van der Waals surface area contributed by atoms with Gasteiger partial charge in [-0.3, -0.25) is 18.5 Å². The van der Waals surface area contributed by atoms with Crippen LogP contribution in [0.1, 0.15) is 11.1 Å². The van der Waals surface area contributed by atoms with E-state index in [9.17, 15) is 14.0 Å². The van der Waals surface area contributed by atoms with Crippen molar-refractivity contribution in [2.75, 3.05) is 5.43 Å². The fourth-order valence-corrected chi connectivity index (χ4v) is 3.30. The SMILES string of the molecule is Cn1c(=O)c2c(nc(N/N=C\c3ccc(Cl)cc3)n2Cc2ccc(F)cc2)n(C)c1=O. The highest BCUT2D eigenvalue weighted by molar-refractivity contribution is 6.30. The molecule has 0 aliphatic rings. The third kappa shape index (κ3) is 3.99. The summed E-state index contributed by atoms with van der Waals surface area (Å²) in [4.78, 5) is 29.6. The van der Waals surface area contributed by atoms with E-state index in [0.717, 1.165) is 15.7 Å². The standard InChI is InChI=1S/C21H18ClFN6O2/c1-27-18-17(19(30)28(2)21(27)31)29(12-14-5-9-16(23)10-6-14)20(25-18)26-24-11-13-3-7-15(22)8-4-13/h3-11H,12H2,1-2H3,(H,25,26)/b24-11-. The zero-order valence-corrected chi connectivity index (χ0v) is 17.5. The van der Waals surface area contributed by atoms with Crippen LogP contribution >= 0.6 is 11.6 Å². The summed E-state index contributed by atoms with van der Waals surface area (Å²) in [5.41, 5.74) is 3.89. The highest BCUT2D eigenvalue weighted by atomic mass is 35.5. The number of halogens is 2. The molecule has 0 amide bonds. The number of hydrogen-bond donors (Lipinski definition) is 1. The van der Waals surface area contributed by atoms with Crippen molar-refractivity contribution < 1.29 is 4.39 Å². The Morgan fingerprint density at radius 3 is 2.42 bits per heavy atom. The Kier molecular flexibility index (Phi) is 5.43. The quantitative estimate of drug-likeness (QED) is 0.382. The number of nitrogens with zero attached hydrogens (tertiary/aromatic N) is 5. The van der Waals surface area contributed by atoms with E-state index in [1.54, 1.807) is 54.2 Å². The van der Waals surface area contributed by atoms with Crippen LogP contribution in [0.5, 0.6) is 0 Å². The molecule has 2 aromatic carbocycles. The lowest BCUT2D eigenvalue weighted by Gasteiger charge is -2.09. The van der Waals surface area contributed by atoms with E-state index in [1.807, 2.05) is 0 Å². The predicted octanol–water partition coefficient (Wildman–Crippen LogP) is 2.72. The fraction of sp³-hybridized carbons (Fsp3) is 0.143. The number of aryl methyl sites for hydroxylation is 1. The Bertz CT molecular complexity index is 1400. The molecule has 2 heterocycles. The number of hydrogen-bond acceptors (Lipinski definition) is 5. The van der Waals surface area contributed by atoms with Crippen molar-refractivity contribution in [1.29, 1.82) is 0 Å². The maximum absolute atomic E-state index is 13.3. The summed E-state index contributed by atoms with van der Waals surface area (Å²) in [7, 11) is 2.95. The van der Waals surface area contributed by atoms with E-state index < -0.39 is 11.2 Å². The van der Waals surface area contributed by atoms with Crippen molar-refractivity contribution in [3.8, 4) is 0 Å². The number of nitrogens with one attached hydrogen (secondary N) is 1. The lowest BCUT2D eigenvalue weighted by Crippen LogP contribution is -2.37. The molecule has 0 spiro atoms. The molecule has 1 N–H and O–H groups in total. The molecule has 0 unspecified atom stereocenters. The van der Waals surface area contributed by atoms with Gasteiger partial charge in [0.15, 0.2) is 11.2 Å². The Labute approximate surface area is 180 Å². The summed E-state index contributed by atoms with van der Waals surface area (Å²) in [5.74, 6) is -0.0914. The smallest absolute Gasteiger partial charge is 0.298 e. The Morgan fingerprint density at radius 2 is 1.74 bits per heavy atom. The largest absolute Gasteiger partial charge is 0.332 e. The molecule has 0 atom stereocenters. The van der Waals surface area contributed by atoms with Gasteiger partial charge in [0.05, 0.1) is 12.8 Å². The molecule has 2 aromatic heterocycles. The van der Waals surface area contributed by atoms with Gasteiger partial charge in [0.25, 0.3) is 5.56 Å². The number of benzene rings is 2. The van der Waals surface area contributed by atoms with Crippen LogP contribution in [0.4, 0.5) is 10.3 Å². The minimum absolute atomic E-state index is 0.222. The second kappa shape index (κ2) is 8.19. The first-order chi connectivity index (χ1) is 14.8. The van der Waals surface area contributed by atoms with Gasteiger partial charge in [0.2, 0.25) is 5.95 Å². The number of imidazole rings is 1. The van der Waals surface area contributed by atoms with Crippen molar-refractivity contribution in [3.63, 3.8) is 0 Å². The highest BCUT2D eigenvalue weighted by Gasteiger charge is 2.19. The molecule has 0 saturated heterocycles. The number of anilines is 1. The monoisotopic (exact) mass is 440 g/mol. The molecular formula is C21H18ClFN6O2. The van der Waals surface area contributed by atoms with Crippen molar-refractivity contribution in [3.05, 3.63) is 91.3 Å². The first-order valence-electron chi connectivity index (χ1n) is 9.30. The first kappa shape index (κ1) is 20.5.